The van der Waals surface area contributed by atoms with Gasteiger partial charge in [-0.15, -0.1) is 0 Å². The molecule has 3 rings (SSSR count). The maximum Gasteiger partial charge on any atom is 0.275 e. The zero-order valence-corrected chi connectivity index (χ0v) is 15.3. The van der Waals surface area contributed by atoms with Gasteiger partial charge in [0, 0.05) is 20.1 Å². The average Bonchev–Trinajstić information content (AvgIpc) is 2.62. The van der Waals surface area contributed by atoms with Gasteiger partial charge in [-0.05, 0) is 30.4 Å². The molecule has 0 unspecified atom stereocenters. The van der Waals surface area contributed by atoms with E-state index in [1.807, 2.05) is 24.3 Å². The Labute approximate surface area is 152 Å². The number of piperidine rings is 1. The standard InChI is InChI=1S/C19H24N4O3/c1-19(2)9-6-10-22(12-19)13-7-4-5-8-14(13)23-11-15(24)17(25)16(21-23)18(26)20-3/h4-5,7-8,11,24H,6,9-10,12H2,1-3H3,(H,20,26). The second-order valence-electron chi connectivity index (χ2n) is 7.39. The number of aromatic hydroxyl groups is 1. The lowest BCUT2D eigenvalue weighted by atomic mass is 9.84. The van der Waals surface area contributed by atoms with E-state index in [0.29, 0.717) is 5.69 Å². The maximum absolute atomic E-state index is 12.0. The van der Waals surface area contributed by atoms with E-state index in [1.165, 1.54) is 24.3 Å². The summed E-state index contributed by atoms with van der Waals surface area (Å²) in [7, 11) is 1.42. The normalized spacial score (nSPS) is 16.3. The number of carbonyl (C=O) groups is 1. The highest BCUT2D eigenvalue weighted by Crippen LogP contribution is 2.34. The van der Waals surface area contributed by atoms with Gasteiger partial charge in [-0.2, -0.15) is 5.10 Å². The number of carbonyl (C=O) groups excluding carboxylic acids is 1. The van der Waals surface area contributed by atoms with Crippen LogP contribution in [0.4, 0.5) is 5.69 Å². The third kappa shape index (κ3) is 3.42. The fraction of sp³-hybridized carbons (Fsp3) is 0.421. The Morgan fingerprint density at radius 2 is 1.96 bits per heavy atom. The highest BCUT2D eigenvalue weighted by molar-refractivity contribution is 5.92. The Hall–Kier alpha value is -2.83. The van der Waals surface area contributed by atoms with Crippen molar-refractivity contribution in [1.29, 1.82) is 0 Å². The van der Waals surface area contributed by atoms with Gasteiger partial charge in [-0.3, -0.25) is 9.59 Å². The molecule has 1 amide bonds. The summed E-state index contributed by atoms with van der Waals surface area (Å²) in [5, 5.41) is 16.6. The first kappa shape index (κ1) is 18.0. The number of nitrogens with zero attached hydrogens (tertiary/aromatic N) is 3. The van der Waals surface area contributed by atoms with Crippen molar-refractivity contribution in [1.82, 2.24) is 15.1 Å². The first-order valence-electron chi connectivity index (χ1n) is 8.72. The SMILES string of the molecule is CNC(=O)c1nn(-c2ccccc2N2CCCC(C)(C)C2)cc(O)c1=O. The number of aromatic nitrogens is 2. The van der Waals surface area contributed by atoms with Gasteiger partial charge in [0.25, 0.3) is 11.3 Å². The maximum atomic E-state index is 12.0. The van der Waals surface area contributed by atoms with Crippen molar-refractivity contribution >= 4 is 11.6 Å². The number of amides is 1. The van der Waals surface area contributed by atoms with Crippen molar-refractivity contribution in [3.8, 4) is 11.4 Å². The van der Waals surface area contributed by atoms with Gasteiger partial charge in [0.05, 0.1) is 17.6 Å². The molecule has 0 radical (unpaired) electrons. The Kier molecular flexibility index (Phi) is 4.71. The summed E-state index contributed by atoms with van der Waals surface area (Å²) in [6.07, 6.45) is 3.51. The van der Waals surface area contributed by atoms with Crippen LogP contribution in [-0.2, 0) is 0 Å². The van der Waals surface area contributed by atoms with E-state index in [4.69, 9.17) is 0 Å². The molecule has 0 aliphatic carbocycles. The molecule has 1 aliphatic rings. The lowest BCUT2D eigenvalue weighted by molar-refractivity contribution is 0.0954. The minimum Gasteiger partial charge on any atom is -0.503 e. The van der Waals surface area contributed by atoms with Crippen LogP contribution in [0.1, 0.15) is 37.2 Å². The van der Waals surface area contributed by atoms with Gasteiger partial charge in [0.1, 0.15) is 0 Å². The predicted molar refractivity (Wildman–Crippen MR) is 100 cm³/mol. The van der Waals surface area contributed by atoms with E-state index in [1.54, 1.807) is 0 Å². The second kappa shape index (κ2) is 6.82. The van der Waals surface area contributed by atoms with E-state index < -0.39 is 17.1 Å². The van der Waals surface area contributed by atoms with Crippen LogP contribution in [0.5, 0.6) is 5.75 Å². The Balaban J connectivity index is 2.10. The van der Waals surface area contributed by atoms with Crippen LogP contribution in [0.3, 0.4) is 0 Å². The van der Waals surface area contributed by atoms with E-state index in [0.717, 1.165) is 25.2 Å². The molecule has 1 aromatic heterocycles. The molecular formula is C19H24N4O3. The molecule has 138 valence electrons. The molecule has 2 heterocycles. The number of anilines is 1. The number of nitrogens with one attached hydrogen (secondary N) is 1. The summed E-state index contributed by atoms with van der Waals surface area (Å²) in [6.45, 7) is 6.32. The number of hydrogen-bond acceptors (Lipinski definition) is 5. The van der Waals surface area contributed by atoms with Crippen LogP contribution in [-0.4, -0.2) is 40.9 Å². The van der Waals surface area contributed by atoms with Crippen LogP contribution >= 0.6 is 0 Å². The van der Waals surface area contributed by atoms with E-state index in [2.05, 4.69) is 29.2 Å². The number of benzene rings is 1. The first-order chi connectivity index (χ1) is 12.3. The van der Waals surface area contributed by atoms with Crippen molar-refractivity contribution in [3.05, 3.63) is 46.4 Å². The minimum atomic E-state index is -0.780. The average molecular weight is 356 g/mol. The summed E-state index contributed by atoms with van der Waals surface area (Å²) in [6, 6.07) is 7.67. The molecule has 0 saturated carbocycles. The fourth-order valence-corrected chi connectivity index (χ4v) is 3.42. The summed E-state index contributed by atoms with van der Waals surface area (Å²) in [5.41, 5.74) is 0.764. The molecular weight excluding hydrogens is 332 g/mol. The van der Waals surface area contributed by atoms with Gasteiger partial charge >= 0.3 is 0 Å². The Bertz CT molecular complexity index is 889. The van der Waals surface area contributed by atoms with Crippen molar-refractivity contribution < 1.29 is 9.90 Å². The van der Waals surface area contributed by atoms with Gasteiger partial charge in [-0.1, -0.05) is 26.0 Å². The van der Waals surface area contributed by atoms with E-state index in [-0.39, 0.29) is 11.1 Å². The topological polar surface area (TPSA) is 87.5 Å². The van der Waals surface area contributed by atoms with Gasteiger partial charge in [0.15, 0.2) is 11.4 Å². The third-order valence-corrected chi connectivity index (χ3v) is 4.71. The summed E-state index contributed by atoms with van der Waals surface area (Å²) < 4.78 is 1.40. The summed E-state index contributed by atoms with van der Waals surface area (Å²) >= 11 is 0. The molecule has 1 saturated heterocycles. The van der Waals surface area contributed by atoms with Crippen LogP contribution in [0, 0.1) is 5.41 Å². The van der Waals surface area contributed by atoms with E-state index in [9.17, 15) is 14.7 Å². The second-order valence-corrected chi connectivity index (χ2v) is 7.39. The third-order valence-electron chi connectivity index (χ3n) is 4.71. The van der Waals surface area contributed by atoms with Crippen LogP contribution in [0.25, 0.3) is 5.69 Å². The number of hydrogen-bond donors (Lipinski definition) is 2. The van der Waals surface area contributed by atoms with Gasteiger partial charge in [0.2, 0.25) is 0 Å². The smallest absolute Gasteiger partial charge is 0.275 e. The largest absolute Gasteiger partial charge is 0.503 e. The van der Waals surface area contributed by atoms with Gasteiger partial charge < -0.3 is 15.3 Å². The van der Waals surface area contributed by atoms with Crippen LogP contribution < -0.4 is 15.6 Å². The highest BCUT2D eigenvalue weighted by atomic mass is 16.3. The molecule has 1 aliphatic heterocycles. The number of para-hydroxylation sites is 2. The number of rotatable bonds is 3. The Morgan fingerprint density at radius 1 is 1.27 bits per heavy atom. The van der Waals surface area contributed by atoms with Crippen LogP contribution in [0.2, 0.25) is 0 Å². The molecule has 7 nitrogen and oxygen atoms in total. The van der Waals surface area contributed by atoms with E-state index >= 15 is 0 Å². The molecule has 2 N–H and O–H groups in total. The fourth-order valence-electron chi connectivity index (χ4n) is 3.42. The van der Waals surface area contributed by atoms with Crippen molar-refractivity contribution in [2.45, 2.75) is 26.7 Å². The van der Waals surface area contributed by atoms with Crippen molar-refractivity contribution in [3.63, 3.8) is 0 Å². The quantitative estimate of drug-likeness (QED) is 0.877. The van der Waals surface area contributed by atoms with Crippen molar-refractivity contribution in [2.75, 3.05) is 25.0 Å². The predicted octanol–water partition coefficient (Wildman–Crippen LogP) is 1.92. The lowest BCUT2D eigenvalue weighted by Gasteiger charge is -2.40. The first-order valence-corrected chi connectivity index (χ1v) is 8.72. The molecule has 0 atom stereocenters. The minimum absolute atomic E-state index is 0.206. The van der Waals surface area contributed by atoms with Crippen molar-refractivity contribution in [2.24, 2.45) is 5.41 Å². The molecule has 26 heavy (non-hydrogen) atoms. The van der Waals surface area contributed by atoms with Crippen LogP contribution in [0.15, 0.2) is 35.3 Å². The zero-order chi connectivity index (χ0) is 18.9. The zero-order valence-electron chi connectivity index (χ0n) is 15.3. The van der Waals surface area contributed by atoms with Gasteiger partial charge in [-0.25, -0.2) is 4.68 Å². The highest BCUT2D eigenvalue weighted by Gasteiger charge is 2.28. The molecule has 1 fully saturated rings. The summed E-state index contributed by atoms with van der Waals surface area (Å²) in [5.74, 6) is -1.14. The Morgan fingerprint density at radius 3 is 2.62 bits per heavy atom. The lowest BCUT2D eigenvalue weighted by Crippen LogP contribution is -2.40. The molecule has 0 bridgehead atoms. The monoisotopic (exact) mass is 356 g/mol. The molecule has 1 aromatic carbocycles. The molecule has 2 aromatic rings. The molecule has 0 spiro atoms. The summed E-state index contributed by atoms with van der Waals surface area (Å²) in [4.78, 5) is 26.2. The molecule has 7 heteroatoms.